The second-order valence-corrected chi connectivity index (χ2v) is 12.5. The first-order valence-corrected chi connectivity index (χ1v) is 16.7. The molecule has 1 aromatic heterocycles. The molecule has 2 aliphatic heterocycles. The molecule has 256 valence electrons. The third-order valence-corrected chi connectivity index (χ3v) is 9.19. The molecule has 11 heteroatoms. The van der Waals surface area contributed by atoms with Crippen LogP contribution in [0.5, 0.6) is 11.5 Å². The number of nitrogens with zero attached hydrogens (tertiary/aromatic N) is 3. The van der Waals surface area contributed by atoms with E-state index < -0.39 is 6.36 Å². The van der Waals surface area contributed by atoms with Gasteiger partial charge in [0.15, 0.2) is 0 Å². The van der Waals surface area contributed by atoms with Gasteiger partial charge in [0.05, 0.1) is 13.2 Å². The fourth-order valence-electron chi connectivity index (χ4n) is 6.65. The Labute approximate surface area is 280 Å². The van der Waals surface area contributed by atoms with Gasteiger partial charge in [-0.2, -0.15) is 0 Å². The van der Waals surface area contributed by atoms with Crippen LogP contribution in [0.25, 0.3) is 22.0 Å². The lowest BCUT2D eigenvalue weighted by Gasteiger charge is -2.35. The van der Waals surface area contributed by atoms with Crippen LogP contribution in [-0.2, 0) is 19.6 Å². The van der Waals surface area contributed by atoms with E-state index in [2.05, 4.69) is 78.2 Å². The Morgan fingerprint density at radius 2 is 1.71 bits per heavy atom. The maximum Gasteiger partial charge on any atom is 0.573 e. The fraction of sp³-hybridized carbons (Fsp3) is 0.405. The molecule has 3 aromatic carbocycles. The number of hydrogen-bond donors (Lipinski definition) is 3. The molecule has 48 heavy (non-hydrogen) atoms. The second kappa shape index (κ2) is 15.5. The van der Waals surface area contributed by atoms with Crippen molar-refractivity contribution >= 4 is 10.9 Å². The predicted octanol–water partition coefficient (Wildman–Crippen LogP) is 5.59. The van der Waals surface area contributed by atoms with Crippen molar-refractivity contribution in [3.63, 3.8) is 0 Å². The lowest BCUT2D eigenvalue weighted by molar-refractivity contribution is -0.274. The zero-order valence-corrected chi connectivity index (χ0v) is 27.5. The summed E-state index contributed by atoms with van der Waals surface area (Å²) in [5.74, 6) is 0.698. The van der Waals surface area contributed by atoms with Crippen molar-refractivity contribution in [1.29, 1.82) is 0 Å². The van der Waals surface area contributed by atoms with Crippen LogP contribution < -0.4 is 25.4 Å². The molecule has 0 aliphatic carbocycles. The third kappa shape index (κ3) is 8.70. The van der Waals surface area contributed by atoms with Crippen LogP contribution in [-0.4, -0.2) is 86.2 Å². The molecule has 1 unspecified atom stereocenters. The molecule has 1 atom stereocenters. The van der Waals surface area contributed by atoms with Crippen LogP contribution in [0.15, 0.2) is 85.2 Å². The standard InChI is InChI=1S/C37H45F3N6O2/c1-27(34-23-41-15-16-43-34)42-14-5-17-46-26-33(29-9-11-31(12-10-29)48-37(38,39)40)32-22-28(8-13-35(32)46)24-44-18-20-45(21-19-44)25-30-6-3-4-7-36(30)47-2/h3-4,6-13,22,26,34,41-43H,1,5,14-21,23-25H2,2H3. The summed E-state index contributed by atoms with van der Waals surface area (Å²) in [6.45, 7) is 14.1. The van der Waals surface area contributed by atoms with Crippen molar-refractivity contribution in [2.24, 2.45) is 0 Å². The smallest absolute Gasteiger partial charge is 0.496 e. The van der Waals surface area contributed by atoms with Crippen molar-refractivity contribution in [3.05, 3.63) is 96.3 Å². The summed E-state index contributed by atoms with van der Waals surface area (Å²) in [5.41, 5.74) is 6.34. The molecule has 2 saturated heterocycles. The Morgan fingerprint density at radius 3 is 2.42 bits per heavy atom. The summed E-state index contributed by atoms with van der Waals surface area (Å²) in [5, 5.41) is 11.4. The predicted molar refractivity (Wildman–Crippen MR) is 184 cm³/mol. The normalized spacial score (nSPS) is 17.8. The molecule has 0 bridgehead atoms. The zero-order valence-electron chi connectivity index (χ0n) is 27.5. The highest BCUT2D eigenvalue weighted by molar-refractivity contribution is 5.96. The summed E-state index contributed by atoms with van der Waals surface area (Å²) in [7, 11) is 1.72. The maximum absolute atomic E-state index is 12.8. The lowest BCUT2D eigenvalue weighted by atomic mass is 10.0. The minimum absolute atomic E-state index is 0.218. The van der Waals surface area contributed by atoms with Crippen molar-refractivity contribution in [3.8, 4) is 22.6 Å². The number of rotatable bonds is 13. The van der Waals surface area contributed by atoms with Gasteiger partial charge in [0.2, 0.25) is 0 Å². The van der Waals surface area contributed by atoms with E-state index in [-0.39, 0.29) is 11.8 Å². The van der Waals surface area contributed by atoms with Crippen molar-refractivity contribution in [2.75, 3.05) is 59.5 Å². The highest BCUT2D eigenvalue weighted by Crippen LogP contribution is 2.34. The monoisotopic (exact) mass is 662 g/mol. The molecule has 8 nitrogen and oxygen atoms in total. The van der Waals surface area contributed by atoms with E-state index in [0.29, 0.717) is 0 Å². The number of halogens is 3. The SMILES string of the molecule is C=C(NCCCn1cc(-c2ccc(OC(F)(F)F)cc2)c2cc(CN3CCN(Cc4ccccc4OC)CC3)ccc21)C1CNCCN1. The van der Waals surface area contributed by atoms with E-state index >= 15 is 0 Å². The summed E-state index contributed by atoms with van der Waals surface area (Å²) in [6.07, 6.45) is -1.72. The van der Waals surface area contributed by atoms with E-state index in [1.54, 1.807) is 19.2 Å². The molecule has 4 aromatic rings. The Kier molecular flexibility index (Phi) is 10.9. The second-order valence-electron chi connectivity index (χ2n) is 12.5. The largest absolute Gasteiger partial charge is 0.573 e. The van der Waals surface area contributed by atoms with Crippen molar-refractivity contribution in [1.82, 2.24) is 30.3 Å². The van der Waals surface area contributed by atoms with Crippen LogP contribution in [0, 0.1) is 0 Å². The average Bonchev–Trinajstić information content (AvgIpc) is 3.45. The van der Waals surface area contributed by atoms with Crippen molar-refractivity contribution in [2.45, 2.75) is 38.5 Å². The first kappa shape index (κ1) is 33.9. The molecule has 0 saturated carbocycles. The number of piperazine rings is 2. The number of methoxy groups -OCH3 is 1. The number of hydrogen-bond acceptors (Lipinski definition) is 7. The number of nitrogens with one attached hydrogen (secondary N) is 3. The van der Waals surface area contributed by atoms with Gasteiger partial charge in [0.1, 0.15) is 11.5 Å². The summed E-state index contributed by atoms with van der Waals surface area (Å²) >= 11 is 0. The number of para-hydroxylation sites is 1. The highest BCUT2D eigenvalue weighted by atomic mass is 19.4. The molecule has 0 spiro atoms. The first-order chi connectivity index (χ1) is 23.3. The molecule has 2 aliphatic rings. The number of benzene rings is 3. The quantitative estimate of drug-likeness (QED) is 0.162. The molecule has 0 amide bonds. The van der Waals surface area contributed by atoms with Gasteiger partial charge >= 0.3 is 6.36 Å². The van der Waals surface area contributed by atoms with Gasteiger partial charge in [-0.3, -0.25) is 9.80 Å². The molecular weight excluding hydrogens is 617 g/mol. The minimum atomic E-state index is -4.73. The zero-order chi connectivity index (χ0) is 33.5. The van der Waals surface area contributed by atoms with Gasteiger partial charge < -0.3 is 30.0 Å². The maximum atomic E-state index is 12.8. The van der Waals surface area contributed by atoms with Gasteiger partial charge in [-0.15, -0.1) is 13.2 Å². The molecular formula is C37H45F3N6O2. The molecule has 0 radical (unpaired) electrons. The Balaban J connectivity index is 1.14. The number of fused-ring (bicyclic) bond motifs is 1. The highest BCUT2D eigenvalue weighted by Gasteiger charge is 2.31. The number of ether oxygens (including phenoxy) is 2. The van der Waals surface area contributed by atoms with Gasteiger partial charge in [-0.05, 0) is 47.9 Å². The third-order valence-electron chi connectivity index (χ3n) is 9.19. The fourth-order valence-corrected chi connectivity index (χ4v) is 6.65. The van der Waals surface area contributed by atoms with Crippen molar-refractivity contribution < 1.29 is 22.6 Å². The van der Waals surface area contributed by atoms with E-state index in [0.717, 1.165) is 112 Å². The van der Waals surface area contributed by atoms with E-state index in [4.69, 9.17) is 4.74 Å². The van der Waals surface area contributed by atoms with Gasteiger partial charge in [0, 0.05) is 106 Å². The molecule has 2 fully saturated rings. The number of aromatic nitrogens is 1. The summed E-state index contributed by atoms with van der Waals surface area (Å²) < 4.78 is 50.4. The van der Waals surface area contributed by atoms with E-state index in [1.807, 2.05) is 12.1 Å². The Morgan fingerprint density at radius 1 is 0.958 bits per heavy atom. The van der Waals surface area contributed by atoms with Crippen LogP contribution in [0.4, 0.5) is 13.2 Å². The minimum Gasteiger partial charge on any atom is -0.496 e. The van der Waals surface area contributed by atoms with E-state index in [9.17, 15) is 13.2 Å². The summed E-state index contributed by atoms with van der Waals surface area (Å²) in [4.78, 5) is 4.95. The van der Waals surface area contributed by atoms with Crippen LogP contribution >= 0.6 is 0 Å². The Bertz CT molecular complexity index is 1660. The lowest BCUT2D eigenvalue weighted by Crippen LogP contribution is -2.51. The first-order valence-electron chi connectivity index (χ1n) is 16.7. The number of aryl methyl sites for hydroxylation is 1. The van der Waals surface area contributed by atoms with E-state index in [1.165, 1.54) is 23.3 Å². The summed E-state index contributed by atoms with van der Waals surface area (Å²) in [6, 6.07) is 21.2. The Hall–Kier alpha value is -4.03. The molecule has 6 rings (SSSR count). The van der Waals surface area contributed by atoms with Gasteiger partial charge in [-0.25, -0.2) is 0 Å². The molecule has 3 N–H and O–H groups in total. The molecule has 3 heterocycles. The van der Waals surface area contributed by atoms with Gasteiger partial charge in [-0.1, -0.05) is 43.0 Å². The number of alkyl halides is 3. The topological polar surface area (TPSA) is 66.0 Å². The van der Waals surface area contributed by atoms with Gasteiger partial charge in [0.25, 0.3) is 0 Å². The van der Waals surface area contributed by atoms with Crippen LogP contribution in [0.2, 0.25) is 0 Å². The van der Waals surface area contributed by atoms with Crippen LogP contribution in [0.3, 0.4) is 0 Å². The van der Waals surface area contributed by atoms with Crippen LogP contribution in [0.1, 0.15) is 17.5 Å². The average molecular weight is 663 g/mol.